The van der Waals surface area contributed by atoms with Crippen LogP contribution in [0.1, 0.15) is 0 Å². The molecule has 4 nitrogen and oxygen atoms in total. The third-order valence-corrected chi connectivity index (χ3v) is 8.96. The third kappa shape index (κ3) is 3.17. The van der Waals surface area contributed by atoms with E-state index in [0.29, 0.717) is 0 Å². The lowest BCUT2D eigenvalue weighted by molar-refractivity contribution is 0.673. The molecule has 0 saturated heterocycles. The van der Waals surface area contributed by atoms with Crippen LogP contribution >= 0.6 is 0 Å². The summed E-state index contributed by atoms with van der Waals surface area (Å²) in [6.45, 7) is 0. The zero-order chi connectivity index (χ0) is 28.8. The van der Waals surface area contributed by atoms with Crippen LogP contribution in [0.25, 0.3) is 93.4 Å². The van der Waals surface area contributed by atoms with E-state index in [-0.39, 0.29) is 0 Å². The van der Waals surface area contributed by atoms with Crippen LogP contribution < -0.4 is 0 Å². The number of rotatable bonds is 2. The van der Waals surface area contributed by atoms with E-state index in [4.69, 9.17) is 14.4 Å². The van der Waals surface area contributed by atoms with Gasteiger partial charge in [0, 0.05) is 32.5 Å². The summed E-state index contributed by atoms with van der Waals surface area (Å²) >= 11 is 0. The maximum atomic E-state index is 6.66. The van der Waals surface area contributed by atoms with E-state index in [1.165, 1.54) is 16.2 Å². The topological polar surface area (TPSA) is 43.9 Å². The zero-order valence-corrected chi connectivity index (χ0v) is 23.5. The Hall–Kier alpha value is -6.00. The highest BCUT2D eigenvalue weighted by atomic mass is 16.3. The Balaban J connectivity index is 1.47. The number of benzene rings is 7. The monoisotopic (exact) mass is 561 g/mol. The van der Waals surface area contributed by atoms with E-state index >= 15 is 0 Å². The van der Waals surface area contributed by atoms with Gasteiger partial charge in [-0.15, -0.1) is 0 Å². The van der Waals surface area contributed by atoms with Crippen molar-refractivity contribution < 1.29 is 4.42 Å². The second kappa shape index (κ2) is 8.76. The van der Waals surface area contributed by atoms with Gasteiger partial charge in [-0.3, -0.25) is 4.57 Å². The molecule has 0 fully saturated rings. The molecule has 4 heteroatoms. The standard InChI is InChI=1S/C40H23N3O/c1-2-11-26(12-3-1)38-40(42-31-16-8-7-15-30(31)41-38)43-32-22-19-24-10-4-5-13-27(24)36(32)37-33(43)23-20-25-18-21-29-28-14-6-9-17-34(28)44-39(29)35(25)37/h1-23H. The van der Waals surface area contributed by atoms with Crippen LogP contribution in [0.4, 0.5) is 0 Å². The lowest BCUT2D eigenvalue weighted by Crippen LogP contribution is -2.03. The van der Waals surface area contributed by atoms with Gasteiger partial charge in [-0.05, 0) is 52.6 Å². The van der Waals surface area contributed by atoms with Gasteiger partial charge in [0.1, 0.15) is 16.9 Å². The summed E-state index contributed by atoms with van der Waals surface area (Å²) in [5.41, 5.74) is 7.56. The predicted octanol–water partition coefficient (Wildman–Crippen LogP) is 10.6. The van der Waals surface area contributed by atoms with Crippen LogP contribution in [-0.4, -0.2) is 14.5 Å². The molecule has 0 N–H and O–H groups in total. The van der Waals surface area contributed by atoms with Crippen LogP contribution in [0, 0.1) is 0 Å². The van der Waals surface area contributed by atoms with E-state index in [2.05, 4.69) is 108 Å². The molecule has 0 bridgehead atoms. The highest BCUT2D eigenvalue weighted by Gasteiger charge is 2.23. The highest BCUT2D eigenvalue weighted by Crippen LogP contribution is 2.45. The summed E-state index contributed by atoms with van der Waals surface area (Å²) in [5.74, 6) is 0.807. The quantitative estimate of drug-likeness (QED) is 0.211. The van der Waals surface area contributed by atoms with Gasteiger partial charge in [0.2, 0.25) is 0 Å². The molecule has 204 valence electrons. The molecular formula is C40H23N3O. The summed E-state index contributed by atoms with van der Waals surface area (Å²) in [6.07, 6.45) is 0. The number of fused-ring (bicyclic) bond motifs is 12. The smallest absolute Gasteiger partial charge is 0.165 e. The fraction of sp³-hybridized carbons (Fsp3) is 0. The van der Waals surface area contributed by atoms with Crippen molar-refractivity contribution in [2.75, 3.05) is 0 Å². The minimum Gasteiger partial charge on any atom is -0.455 e. The molecule has 10 rings (SSSR count). The number of para-hydroxylation sites is 3. The SMILES string of the molecule is c1ccc(-c2nc3ccccc3nc2-n2c3ccc4ccccc4c3c3c4c(ccc5c6ccccc6oc54)ccc32)cc1. The molecule has 3 aromatic heterocycles. The van der Waals surface area contributed by atoms with Crippen LogP contribution in [0.15, 0.2) is 144 Å². The first-order valence-electron chi connectivity index (χ1n) is 14.8. The molecule has 3 heterocycles. The van der Waals surface area contributed by atoms with Crippen LogP contribution in [-0.2, 0) is 0 Å². The molecule has 0 aliphatic rings. The van der Waals surface area contributed by atoms with Crippen LogP contribution in [0.2, 0.25) is 0 Å². The number of hydrogen-bond donors (Lipinski definition) is 0. The maximum Gasteiger partial charge on any atom is 0.165 e. The second-order valence-corrected chi connectivity index (χ2v) is 11.4. The number of aromatic nitrogens is 3. The Morgan fingerprint density at radius 2 is 1.11 bits per heavy atom. The van der Waals surface area contributed by atoms with E-state index in [0.717, 1.165) is 77.2 Å². The van der Waals surface area contributed by atoms with Crippen molar-refractivity contribution in [2.24, 2.45) is 0 Å². The Bertz CT molecular complexity index is 2770. The molecule has 0 atom stereocenters. The fourth-order valence-corrected chi connectivity index (χ4v) is 7.02. The molecule has 0 aliphatic heterocycles. The summed E-state index contributed by atoms with van der Waals surface area (Å²) in [4.78, 5) is 10.5. The lowest BCUT2D eigenvalue weighted by atomic mass is 9.98. The summed E-state index contributed by atoms with van der Waals surface area (Å²) in [6, 6.07) is 48.7. The molecule has 0 aliphatic carbocycles. The van der Waals surface area contributed by atoms with Crippen LogP contribution in [0.5, 0.6) is 0 Å². The van der Waals surface area contributed by atoms with Crippen molar-refractivity contribution in [1.82, 2.24) is 14.5 Å². The number of hydrogen-bond acceptors (Lipinski definition) is 3. The van der Waals surface area contributed by atoms with Gasteiger partial charge in [0.25, 0.3) is 0 Å². The molecule has 44 heavy (non-hydrogen) atoms. The Labute approximate surface area is 251 Å². The van der Waals surface area contributed by atoms with Gasteiger partial charge in [-0.25, -0.2) is 9.97 Å². The zero-order valence-electron chi connectivity index (χ0n) is 23.5. The average molecular weight is 562 g/mol. The minimum atomic E-state index is 0.807. The molecule has 0 amide bonds. The van der Waals surface area contributed by atoms with Gasteiger partial charge in [0.15, 0.2) is 5.82 Å². The third-order valence-electron chi connectivity index (χ3n) is 8.96. The van der Waals surface area contributed by atoms with E-state index in [1.54, 1.807) is 0 Å². The van der Waals surface area contributed by atoms with Crippen molar-refractivity contribution in [3.63, 3.8) is 0 Å². The molecular weight excluding hydrogens is 538 g/mol. The van der Waals surface area contributed by atoms with Crippen molar-refractivity contribution in [3.05, 3.63) is 140 Å². The van der Waals surface area contributed by atoms with Gasteiger partial charge in [-0.2, -0.15) is 0 Å². The number of furan rings is 1. The van der Waals surface area contributed by atoms with E-state index < -0.39 is 0 Å². The van der Waals surface area contributed by atoms with Crippen LogP contribution in [0.3, 0.4) is 0 Å². The second-order valence-electron chi connectivity index (χ2n) is 11.4. The van der Waals surface area contributed by atoms with Crippen molar-refractivity contribution in [1.29, 1.82) is 0 Å². The largest absolute Gasteiger partial charge is 0.455 e. The normalized spacial score (nSPS) is 12.1. The fourth-order valence-electron chi connectivity index (χ4n) is 7.02. The van der Waals surface area contributed by atoms with Gasteiger partial charge in [0.05, 0.1) is 22.1 Å². The predicted molar refractivity (Wildman–Crippen MR) is 182 cm³/mol. The number of nitrogens with zero attached hydrogens (tertiary/aromatic N) is 3. The Morgan fingerprint density at radius 1 is 0.455 bits per heavy atom. The highest BCUT2D eigenvalue weighted by molar-refractivity contribution is 6.33. The summed E-state index contributed by atoms with van der Waals surface area (Å²) in [7, 11) is 0. The Kier molecular flexibility index (Phi) is 4.69. The minimum absolute atomic E-state index is 0.807. The average Bonchev–Trinajstić information content (AvgIpc) is 3.64. The first-order chi connectivity index (χ1) is 21.8. The van der Waals surface area contributed by atoms with Crippen molar-refractivity contribution in [2.45, 2.75) is 0 Å². The first kappa shape index (κ1) is 23.6. The molecule has 0 saturated carbocycles. The summed E-state index contributed by atoms with van der Waals surface area (Å²) in [5, 5.41) is 9.25. The Morgan fingerprint density at radius 3 is 1.98 bits per heavy atom. The molecule has 7 aromatic carbocycles. The molecule has 10 aromatic rings. The van der Waals surface area contributed by atoms with Gasteiger partial charge in [-0.1, -0.05) is 103 Å². The van der Waals surface area contributed by atoms with Gasteiger partial charge < -0.3 is 4.42 Å². The first-order valence-corrected chi connectivity index (χ1v) is 14.8. The molecule has 0 spiro atoms. The van der Waals surface area contributed by atoms with Crippen molar-refractivity contribution in [3.8, 4) is 17.1 Å². The molecule has 0 unspecified atom stereocenters. The maximum absolute atomic E-state index is 6.66. The lowest BCUT2D eigenvalue weighted by Gasteiger charge is -2.14. The van der Waals surface area contributed by atoms with E-state index in [9.17, 15) is 0 Å². The van der Waals surface area contributed by atoms with Gasteiger partial charge >= 0.3 is 0 Å². The van der Waals surface area contributed by atoms with E-state index in [1.807, 2.05) is 36.4 Å². The van der Waals surface area contributed by atoms with Crippen molar-refractivity contribution >= 4 is 76.3 Å². The summed E-state index contributed by atoms with van der Waals surface area (Å²) < 4.78 is 8.97. The molecule has 0 radical (unpaired) electrons.